The number of hydrogen-bond donors (Lipinski definition) is 0. The summed E-state index contributed by atoms with van der Waals surface area (Å²) in [7, 11) is 1.55. The Morgan fingerprint density at radius 2 is 1.66 bits per heavy atom. The van der Waals surface area contributed by atoms with Crippen LogP contribution in [0.25, 0.3) is 0 Å². The molecule has 0 aromatic heterocycles. The minimum Gasteiger partial charge on any atom is -0.493 e. The monoisotopic (exact) mass is 440 g/mol. The van der Waals surface area contributed by atoms with Crippen LogP contribution in [-0.2, 0) is 19.1 Å². The van der Waals surface area contributed by atoms with Crippen LogP contribution in [0.15, 0.2) is 24.3 Å². The summed E-state index contributed by atoms with van der Waals surface area (Å²) in [4.78, 5) is 24.9. The number of benzene rings is 2. The van der Waals surface area contributed by atoms with Gasteiger partial charge in [0.05, 0.1) is 19.6 Å². The number of hydrogen-bond acceptors (Lipinski definition) is 9. The quantitative estimate of drug-likeness (QED) is 0.667. The first-order valence-electron chi connectivity index (χ1n) is 10.3. The van der Waals surface area contributed by atoms with Crippen molar-refractivity contribution in [2.75, 3.05) is 27.3 Å². The van der Waals surface area contributed by atoms with Crippen molar-refractivity contribution in [2.24, 2.45) is 11.8 Å². The van der Waals surface area contributed by atoms with E-state index in [2.05, 4.69) is 0 Å². The van der Waals surface area contributed by atoms with Gasteiger partial charge in [-0.05, 0) is 35.4 Å². The molecule has 32 heavy (non-hydrogen) atoms. The maximum Gasteiger partial charge on any atom is 0.310 e. The molecule has 9 nitrogen and oxygen atoms in total. The van der Waals surface area contributed by atoms with Crippen LogP contribution in [0, 0.1) is 11.8 Å². The number of rotatable bonds is 3. The van der Waals surface area contributed by atoms with Crippen molar-refractivity contribution < 1.29 is 42.7 Å². The molecule has 0 spiro atoms. The lowest BCUT2D eigenvalue weighted by Gasteiger charge is -2.38. The molecular weight excluding hydrogens is 420 g/mol. The summed E-state index contributed by atoms with van der Waals surface area (Å²) in [6.45, 7) is 1.72. The lowest BCUT2D eigenvalue weighted by Crippen LogP contribution is -2.36. The minimum atomic E-state index is -0.638. The van der Waals surface area contributed by atoms with Crippen LogP contribution in [0.1, 0.15) is 35.6 Å². The van der Waals surface area contributed by atoms with Crippen LogP contribution in [-0.4, -0.2) is 39.2 Å². The molecule has 2 aromatic carbocycles. The normalized spacial score (nSPS) is 26.2. The average molecular weight is 440 g/mol. The summed E-state index contributed by atoms with van der Waals surface area (Å²) < 4.78 is 39.0. The van der Waals surface area contributed by atoms with Crippen LogP contribution in [0.2, 0.25) is 0 Å². The number of methoxy groups -OCH3 is 1. The molecule has 1 aliphatic carbocycles. The van der Waals surface area contributed by atoms with Gasteiger partial charge in [-0.3, -0.25) is 9.59 Å². The highest BCUT2D eigenvalue weighted by atomic mass is 16.7. The van der Waals surface area contributed by atoms with Crippen molar-refractivity contribution in [2.45, 2.75) is 18.9 Å². The average Bonchev–Trinajstić information content (AvgIpc) is 3.51. The van der Waals surface area contributed by atoms with Gasteiger partial charge in [-0.25, -0.2) is 0 Å². The summed E-state index contributed by atoms with van der Waals surface area (Å²) in [5.74, 6) is 0.680. The van der Waals surface area contributed by atoms with E-state index in [0.717, 1.165) is 16.7 Å². The predicted octanol–water partition coefficient (Wildman–Crippen LogP) is 2.69. The smallest absolute Gasteiger partial charge is 0.310 e. The van der Waals surface area contributed by atoms with Gasteiger partial charge in [0.25, 0.3) is 0 Å². The van der Waals surface area contributed by atoms with E-state index in [4.69, 9.17) is 33.2 Å². The fourth-order valence-corrected chi connectivity index (χ4v) is 5.17. The first-order chi connectivity index (χ1) is 15.5. The van der Waals surface area contributed by atoms with Gasteiger partial charge in [0.15, 0.2) is 23.0 Å². The zero-order valence-corrected chi connectivity index (χ0v) is 17.4. The molecule has 1 fully saturated rings. The van der Waals surface area contributed by atoms with E-state index in [9.17, 15) is 9.59 Å². The molecule has 1 saturated heterocycles. The zero-order chi connectivity index (χ0) is 22.0. The fraction of sp³-hybridized carbons (Fsp3) is 0.391. The van der Waals surface area contributed by atoms with E-state index in [0.29, 0.717) is 28.7 Å². The molecule has 0 N–H and O–H groups in total. The van der Waals surface area contributed by atoms with E-state index in [1.807, 2.05) is 24.3 Å². The second-order valence-corrected chi connectivity index (χ2v) is 8.12. The fourth-order valence-electron chi connectivity index (χ4n) is 5.17. The maximum atomic E-state index is 12.9. The van der Waals surface area contributed by atoms with Crippen LogP contribution >= 0.6 is 0 Å². The summed E-state index contributed by atoms with van der Waals surface area (Å²) in [6.07, 6.45) is -0.638. The third kappa shape index (κ3) is 2.70. The number of carbonyl (C=O) groups is 2. The summed E-state index contributed by atoms with van der Waals surface area (Å²) in [5.41, 5.74) is 2.38. The molecule has 0 bridgehead atoms. The Bertz CT molecular complexity index is 1140. The van der Waals surface area contributed by atoms with Crippen molar-refractivity contribution in [3.05, 3.63) is 41.0 Å². The van der Waals surface area contributed by atoms with Crippen molar-refractivity contribution >= 4 is 11.9 Å². The van der Waals surface area contributed by atoms with Crippen molar-refractivity contribution in [3.8, 4) is 28.7 Å². The lowest BCUT2D eigenvalue weighted by atomic mass is 9.66. The molecule has 2 aromatic rings. The number of esters is 2. The topological polar surface area (TPSA) is 98.8 Å². The molecular formula is C23H20O9. The van der Waals surface area contributed by atoms with E-state index >= 15 is 0 Å². The molecule has 3 heterocycles. The van der Waals surface area contributed by atoms with Gasteiger partial charge >= 0.3 is 11.9 Å². The van der Waals surface area contributed by atoms with Gasteiger partial charge < -0.3 is 33.2 Å². The highest BCUT2D eigenvalue weighted by molar-refractivity contribution is 5.79. The summed E-state index contributed by atoms with van der Waals surface area (Å²) >= 11 is 0. The third-order valence-corrected chi connectivity index (χ3v) is 6.45. The highest BCUT2D eigenvalue weighted by Gasteiger charge is 2.54. The largest absolute Gasteiger partial charge is 0.493 e. The first kappa shape index (κ1) is 19.1. The Balaban J connectivity index is 1.58. The molecule has 4 aliphatic rings. The van der Waals surface area contributed by atoms with Crippen LogP contribution in [0.5, 0.6) is 28.7 Å². The Hall–Kier alpha value is -3.62. The van der Waals surface area contributed by atoms with Crippen molar-refractivity contribution in [3.63, 3.8) is 0 Å². The lowest BCUT2D eigenvalue weighted by molar-refractivity contribution is -0.152. The first-order valence-corrected chi connectivity index (χ1v) is 10.3. The molecule has 9 heteroatoms. The van der Waals surface area contributed by atoms with E-state index in [-0.39, 0.29) is 32.1 Å². The standard InChI is InChI=1S/C23H20O9/c1-10(24)32-21-13-6-16-15(28-8-29-16)5-12(13)19(20-14(21)7-27-23(20)25)11-3-17(26-2)22-18(4-11)30-9-31-22/h3-6,14,19-21H,7-9H2,1-2H3/t14-,19+,20-,21-/m0/s1. The maximum absolute atomic E-state index is 12.9. The Labute approximate surface area is 183 Å². The Kier molecular flexibility index (Phi) is 4.14. The summed E-state index contributed by atoms with van der Waals surface area (Å²) in [5, 5.41) is 0. The minimum absolute atomic E-state index is 0.0949. The number of carbonyl (C=O) groups excluding carboxylic acids is 2. The van der Waals surface area contributed by atoms with Crippen LogP contribution in [0.4, 0.5) is 0 Å². The van der Waals surface area contributed by atoms with Gasteiger partial charge in [-0.15, -0.1) is 0 Å². The number of cyclic esters (lactones) is 1. The van der Waals surface area contributed by atoms with E-state index in [1.165, 1.54) is 6.92 Å². The van der Waals surface area contributed by atoms with Gasteiger partial charge in [0, 0.05) is 24.3 Å². The third-order valence-electron chi connectivity index (χ3n) is 6.45. The van der Waals surface area contributed by atoms with Gasteiger partial charge in [0.2, 0.25) is 19.3 Å². The van der Waals surface area contributed by atoms with Crippen LogP contribution in [0.3, 0.4) is 0 Å². The molecule has 0 unspecified atom stereocenters. The van der Waals surface area contributed by atoms with E-state index in [1.54, 1.807) is 7.11 Å². The molecule has 3 aliphatic heterocycles. The van der Waals surface area contributed by atoms with Gasteiger partial charge in [0.1, 0.15) is 6.10 Å². The Morgan fingerprint density at radius 1 is 0.938 bits per heavy atom. The predicted molar refractivity (Wildman–Crippen MR) is 106 cm³/mol. The molecule has 0 saturated carbocycles. The van der Waals surface area contributed by atoms with Crippen molar-refractivity contribution in [1.82, 2.24) is 0 Å². The van der Waals surface area contributed by atoms with Crippen LogP contribution < -0.4 is 23.7 Å². The molecule has 6 rings (SSSR count). The van der Waals surface area contributed by atoms with Gasteiger partial charge in [-0.2, -0.15) is 0 Å². The highest BCUT2D eigenvalue weighted by Crippen LogP contribution is 2.56. The molecule has 0 amide bonds. The SMILES string of the molecule is COc1cc([C@@H]2c3cc4c(cc3[C@H](OC(C)=O)[C@H]3COC(=O)[C@H]23)OCO4)cc2c1OCO2. The number of ether oxygens (including phenoxy) is 7. The van der Waals surface area contributed by atoms with E-state index < -0.39 is 23.9 Å². The molecule has 166 valence electrons. The zero-order valence-electron chi connectivity index (χ0n) is 17.4. The number of fused-ring (bicyclic) bond motifs is 4. The molecule has 4 atom stereocenters. The summed E-state index contributed by atoms with van der Waals surface area (Å²) in [6, 6.07) is 7.40. The second kappa shape index (κ2) is 6.94. The second-order valence-electron chi connectivity index (χ2n) is 8.12. The molecule has 0 radical (unpaired) electrons. The van der Waals surface area contributed by atoms with Crippen molar-refractivity contribution in [1.29, 1.82) is 0 Å². The Morgan fingerprint density at radius 3 is 2.41 bits per heavy atom. The van der Waals surface area contributed by atoms with Gasteiger partial charge in [-0.1, -0.05) is 0 Å².